The molecule has 0 unspecified atom stereocenters. The number of fused-ring (bicyclic) bond motifs is 1. The molecule has 4 aromatic rings. The molecule has 0 aliphatic carbocycles. The molecule has 0 bridgehead atoms. The predicted octanol–water partition coefficient (Wildman–Crippen LogP) is 3.04. The molecule has 4 rings (SSSR count). The van der Waals surface area contributed by atoms with E-state index >= 15 is 0 Å². The summed E-state index contributed by atoms with van der Waals surface area (Å²) in [7, 11) is 6.80. The Morgan fingerprint density at radius 1 is 1.00 bits per heavy atom. The molecule has 0 fully saturated rings. The number of amides is 1. The summed E-state index contributed by atoms with van der Waals surface area (Å²) in [5.74, 6) is 1.31. The van der Waals surface area contributed by atoms with Gasteiger partial charge in [-0.25, -0.2) is 4.98 Å². The molecule has 1 amide bonds. The van der Waals surface area contributed by atoms with Crippen molar-refractivity contribution in [1.82, 2.24) is 30.4 Å². The van der Waals surface area contributed by atoms with Gasteiger partial charge in [0.25, 0.3) is 0 Å². The van der Waals surface area contributed by atoms with Crippen LogP contribution in [-0.4, -0.2) is 67.1 Å². The quantitative estimate of drug-likeness (QED) is 0.334. The highest BCUT2D eigenvalue weighted by atomic mass is 35.5. The summed E-state index contributed by atoms with van der Waals surface area (Å²) in [6, 6.07) is 11.8. The maximum atomic E-state index is 11.7. The fraction of sp³-hybridized carbons (Fsp3) is 0.280. The molecule has 0 aliphatic rings. The van der Waals surface area contributed by atoms with Gasteiger partial charge in [0.1, 0.15) is 18.0 Å². The van der Waals surface area contributed by atoms with Crippen LogP contribution in [0.1, 0.15) is 0 Å². The molecule has 2 aromatic carbocycles. The lowest BCUT2D eigenvalue weighted by atomic mass is 10.2. The van der Waals surface area contributed by atoms with Gasteiger partial charge in [0.15, 0.2) is 0 Å². The molecule has 0 saturated carbocycles. The molecule has 36 heavy (non-hydrogen) atoms. The standard InChI is InChI=1S/C25H29N7O3.ClH/c1-26-7-8-32(19-9-20(34-3)12-21(10-19)35-4)18-5-6-22-23(11-18)30-24(14-28-22)17-13-29-31(15-17)16-25(33)27-2;/h5-6,9-15,26H,7-8,16H2,1-4H3,(H,27,33);1H. The molecule has 2 N–H and O–H groups in total. The molecular formula is C25H30ClN7O3. The average Bonchev–Trinajstić information content (AvgIpc) is 3.36. The first kappa shape index (κ1) is 26.7. The number of nitrogens with zero attached hydrogens (tertiary/aromatic N) is 5. The zero-order valence-electron chi connectivity index (χ0n) is 20.7. The van der Waals surface area contributed by atoms with E-state index in [2.05, 4.69) is 25.6 Å². The van der Waals surface area contributed by atoms with Gasteiger partial charge in [-0.15, -0.1) is 12.4 Å². The fourth-order valence-corrected chi connectivity index (χ4v) is 3.69. The lowest BCUT2D eigenvalue weighted by molar-refractivity contribution is -0.121. The number of ether oxygens (including phenoxy) is 2. The van der Waals surface area contributed by atoms with Crippen molar-refractivity contribution in [3.63, 3.8) is 0 Å². The zero-order chi connectivity index (χ0) is 24.8. The van der Waals surface area contributed by atoms with Gasteiger partial charge < -0.3 is 25.0 Å². The SMILES string of the molecule is CNCCN(c1cc(OC)cc(OC)c1)c1ccc2ncc(-c3cnn(CC(=O)NC)c3)nc2c1.Cl. The van der Waals surface area contributed by atoms with Crippen LogP contribution in [0.15, 0.2) is 55.0 Å². The van der Waals surface area contributed by atoms with Gasteiger partial charge >= 0.3 is 0 Å². The highest BCUT2D eigenvalue weighted by molar-refractivity contribution is 5.85. The monoisotopic (exact) mass is 511 g/mol. The van der Waals surface area contributed by atoms with Crippen molar-refractivity contribution in [1.29, 1.82) is 0 Å². The lowest BCUT2D eigenvalue weighted by Crippen LogP contribution is -2.26. The number of halogens is 1. The van der Waals surface area contributed by atoms with Crippen molar-refractivity contribution in [2.24, 2.45) is 0 Å². The van der Waals surface area contributed by atoms with E-state index in [0.717, 1.165) is 41.1 Å². The maximum absolute atomic E-state index is 11.7. The van der Waals surface area contributed by atoms with Crippen molar-refractivity contribution in [3.8, 4) is 22.8 Å². The van der Waals surface area contributed by atoms with Gasteiger partial charge in [-0.05, 0) is 25.2 Å². The number of methoxy groups -OCH3 is 2. The second-order valence-corrected chi connectivity index (χ2v) is 7.85. The third kappa shape index (κ3) is 6.02. The van der Waals surface area contributed by atoms with Crippen LogP contribution in [0.2, 0.25) is 0 Å². The lowest BCUT2D eigenvalue weighted by Gasteiger charge is -2.26. The van der Waals surface area contributed by atoms with Crippen molar-refractivity contribution >= 4 is 40.7 Å². The van der Waals surface area contributed by atoms with Gasteiger partial charge in [0, 0.05) is 61.5 Å². The molecular weight excluding hydrogens is 482 g/mol. The summed E-state index contributed by atoms with van der Waals surface area (Å²) >= 11 is 0. The Labute approximate surface area is 216 Å². The summed E-state index contributed by atoms with van der Waals surface area (Å²) in [5, 5.41) is 10.1. The number of hydrogen-bond acceptors (Lipinski definition) is 8. The Balaban J connectivity index is 0.00000361. The van der Waals surface area contributed by atoms with E-state index in [-0.39, 0.29) is 24.9 Å². The molecule has 2 aromatic heterocycles. The molecule has 11 heteroatoms. The highest BCUT2D eigenvalue weighted by Gasteiger charge is 2.14. The third-order valence-electron chi connectivity index (χ3n) is 5.58. The predicted molar refractivity (Wildman–Crippen MR) is 143 cm³/mol. The summed E-state index contributed by atoms with van der Waals surface area (Å²) in [6.07, 6.45) is 5.19. The van der Waals surface area contributed by atoms with Gasteiger partial charge in [-0.3, -0.25) is 14.5 Å². The average molecular weight is 512 g/mol. The third-order valence-corrected chi connectivity index (χ3v) is 5.58. The fourth-order valence-electron chi connectivity index (χ4n) is 3.69. The van der Waals surface area contributed by atoms with Gasteiger partial charge in [0.05, 0.1) is 43.3 Å². The molecule has 10 nitrogen and oxygen atoms in total. The Kier molecular flexibility index (Phi) is 9.04. The Morgan fingerprint density at radius 2 is 1.75 bits per heavy atom. The highest BCUT2D eigenvalue weighted by Crippen LogP contribution is 2.34. The molecule has 0 saturated heterocycles. The number of carbonyl (C=O) groups excluding carboxylic acids is 1. The number of hydrogen-bond donors (Lipinski definition) is 2. The maximum Gasteiger partial charge on any atom is 0.241 e. The summed E-state index contributed by atoms with van der Waals surface area (Å²) < 4.78 is 12.5. The Morgan fingerprint density at radius 3 is 2.42 bits per heavy atom. The van der Waals surface area contributed by atoms with Crippen LogP contribution in [-0.2, 0) is 11.3 Å². The van der Waals surface area contributed by atoms with E-state index in [4.69, 9.17) is 14.5 Å². The largest absolute Gasteiger partial charge is 0.497 e. The minimum Gasteiger partial charge on any atom is -0.497 e. The van der Waals surface area contributed by atoms with E-state index in [1.807, 2.05) is 43.4 Å². The number of carbonyl (C=O) groups is 1. The van der Waals surface area contributed by atoms with Crippen molar-refractivity contribution < 1.29 is 14.3 Å². The number of rotatable bonds is 10. The van der Waals surface area contributed by atoms with Crippen LogP contribution in [0.4, 0.5) is 11.4 Å². The van der Waals surface area contributed by atoms with Crippen LogP contribution in [0.25, 0.3) is 22.3 Å². The number of likely N-dealkylation sites (N-methyl/N-ethyl adjacent to an activating group) is 2. The summed E-state index contributed by atoms with van der Waals surface area (Å²) in [6.45, 7) is 1.64. The molecule has 190 valence electrons. The minimum absolute atomic E-state index is 0. The van der Waals surface area contributed by atoms with Gasteiger partial charge in [0.2, 0.25) is 5.91 Å². The molecule has 2 heterocycles. The van der Waals surface area contributed by atoms with E-state index in [1.54, 1.807) is 44.5 Å². The summed E-state index contributed by atoms with van der Waals surface area (Å²) in [5.41, 5.74) is 4.91. The topological polar surface area (TPSA) is 106 Å². The van der Waals surface area contributed by atoms with E-state index in [9.17, 15) is 4.79 Å². The molecule has 0 spiro atoms. The van der Waals surface area contributed by atoms with Crippen LogP contribution in [0, 0.1) is 0 Å². The van der Waals surface area contributed by atoms with E-state index in [1.165, 1.54) is 0 Å². The second-order valence-electron chi connectivity index (χ2n) is 7.85. The second kappa shape index (κ2) is 12.2. The van der Waals surface area contributed by atoms with E-state index < -0.39 is 0 Å². The van der Waals surface area contributed by atoms with Crippen molar-refractivity contribution in [3.05, 3.63) is 55.0 Å². The Bertz CT molecular complexity index is 1310. The first-order valence-electron chi connectivity index (χ1n) is 11.2. The van der Waals surface area contributed by atoms with Crippen LogP contribution in [0.3, 0.4) is 0 Å². The number of nitrogens with one attached hydrogen (secondary N) is 2. The molecule has 0 aliphatic heterocycles. The first-order chi connectivity index (χ1) is 17.0. The number of anilines is 2. The van der Waals surface area contributed by atoms with E-state index in [0.29, 0.717) is 17.2 Å². The van der Waals surface area contributed by atoms with Crippen LogP contribution >= 0.6 is 12.4 Å². The van der Waals surface area contributed by atoms with Crippen LogP contribution in [0.5, 0.6) is 11.5 Å². The normalized spacial score (nSPS) is 10.6. The molecule has 0 atom stereocenters. The molecule has 0 radical (unpaired) electrons. The van der Waals surface area contributed by atoms with Gasteiger partial charge in [-0.2, -0.15) is 5.10 Å². The van der Waals surface area contributed by atoms with Crippen molar-refractivity contribution in [2.45, 2.75) is 6.54 Å². The first-order valence-corrected chi connectivity index (χ1v) is 11.2. The Hall–Kier alpha value is -3.89. The van der Waals surface area contributed by atoms with Crippen molar-refractivity contribution in [2.75, 3.05) is 46.3 Å². The van der Waals surface area contributed by atoms with Gasteiger partial charge in [-0.1, -0.05) is 0 Å². The smallest absolute Gasteiger partial charge is 0.241 e. The zero-order valence-corrected chi connectivity index (χ0v) is 21.5. The summed E-state index contributed by atoms with van der Waals surface area (Å²) in [4.78, 5) is 23.2. The number of aromatic nitrogens is 4. The number of benzene rings is 2. The van der Waals surface area contributed by atoms with Crippen LogP contribution < -0.4 is 25.0 Å². The minimum atomic E-state index is -0.121.